The van der Waals surface area contributed by atoms with Gasteiger partial charge in [-0.1, -0.05) is 13.8 Å². The lowest BCUT2D eigenvalue weighted by Crippen LogP contribution is -2.30. The maximum atomic E-state index is 12.0. The molecule has 6 heteroatoms. The monoisotopic (exact) mass is 309 g/mol. The largest absolute Gasteiger partial charge is 0.490 e. The zero-order valence-electron chi connectivity index (χ0n) is 13.3. The van der Waals surface area contributed by atoms with E-state index in [1.54, 1.807) is 18.2 Å². The summed E-state index contributed by atoms with van der Waals surface area (Å²) in [6.07, 6.45) is 0.719. The van der Waals surface area contributed by atoms with Gasteiger partial charge in [0, 0.05) is 0 Å². The summed E-state index contributed by atoms with van der Waals surface area (Å²) in [7, 11) is 0. The molecule has 0 fully saturated rings. The number of benzene rings is 1. The van der Waals surface area contributed by atoms with Gasteiger partial charge < -0.3 is 19.9 Å². The molecule has 0 bridgehead atoms. The summed E-state index contributed by atoms with van der Waals surface area (Å²) in [6.45, 7) is 6.49. The highest BCUT2D eigenvalue weighted by Crippen LogP contribution is 2.29. The van der Waals surface area contributed by atoms with Crippen molar-refractivity contribution in [3.8, 4) is 11.5 Å². The molecule has 6 nitrogen and oxygen atoms in total. The minimum atomic E-state index is -0.983. The van der Waals surface area contributed by atoms with E-state index >= 15 is 0 Å². The molecule has 0 aliphatic rings. The number of esters is 1. The van der Waals surface area contributed by atoms with Gasteiger partial charge in [0.1, 0.15) is 0 Å². The van der Waals surface area contributed by atoms with Crippen molar-refractivity contribution in [2.75, 3.05) is 13.2 Å². The Balaban J connectivity index is 2.91. The van der Waals surface area contributed by atoms with E-state index in [2.05, 4.69) is 0 Å². The van der Waals surface area contributed by atoms with Gasteiger partial charge in [-0.15, -0.1) is 0 Å². The molecule has 0 spiro atoms. The molecule has 0 saturated heterocycles. The molecule has 1 amide bonds. The molecule has 0 radical (unpaired) electrons. The molecule has 0 unspecified atom stereocenters. The number of carbonyl (C=O) groups excluding carboxylic acids is 2. The van der Waals surface area contributed by atoms with Crippen molar-refractivity contribution in [2.45, 2.75) is 39.7 Å². The molecule has 0 aliphatic carbocycles. The third-order valence-electron chi connectivity index (χ3n) is 2.79. The van der Waals surface area contributed by atoms with Crippen LogP contribution in [0.3, 0.4) is 0 Å². The topological polar surface area (TPSA) is 87.9 Å². The van der Waals surface area contributed by atoms with Crippen LogP contribution in [0, 0.1) is 0 Å². The molecular formula is C16H23NO5. The van der Waals surface area contributed by atoms with Gasteiger partial charge in [-0.2, -0.15) is 0 Å². The first-order valence-corrected chi connectivity index (χ1v) is 7.39. The number of primary amides is 1. The van der Waals surface area contributed by atoms with E-state index in [-0.39, 0.29) is 5.56 Å². The minimum absolute atomic E-state index is 0.281. The van der Waals surface area contributed by atoms with Crippen LogP contribution < -0.4 is 15.2 Å². The van der Waals surface area contributed by atoms with E-state index in [1.807, 2.05) is 13.8 Å². The van der Waals surface area contributed by atoms with Gasteiger partial charge in [0.25, 0.3) is 5.91 Å². The second-order valence-electron chi connectivity index (χ2n) is 4.81. The third-order valence-corrected chi connectivity index (χ3v) is 2.79. The standard InChI is InChI=1S/C16H23NO5/c1-4-8-20-13-7-6-12(10-14(13)21-9-5-2)16(19)22-11(3)15(17)18/h6-7,10-11H,4-5,8-9H2,1-3H3,(H2,17,18)/t11-/m0/s1. The highest BCUT2D eigenvalue weighted by molar-refractivity contribution is 5.92. The van der Waals surface area contributed by atoms with E-state index in [9.17, 15) is 9.59 Å². The third kappa shape index (κ3) is 5.27. The van der Waals surface area contributed by atoms with E-state index in [4.69, 9.17) is 19.9 Å². The molecule has 122 valence electrons. The number of ether oxygens (including phenoxy) is 3. The van der Waals surface area contributed by atoms with Crippen LogP contribution in [0.2, 0.25) is 0 Å². The summed E-state index contributed by atoms with van der Waals surface area (Å²) in [5.74, 6) is -0.264. The maximum absolute atomic E-state index is 12.0. The fourth-order valence-corrected chi connectivity index (χ4v) is 1.58. The number of rotatable bonds is 9. The molecule has 0 saturated carbocycles. The number of nitrogens with two attached hydrogens (primary N) is 1. The van der Waals surface area contributed by atoms with Crippen LogP contribution in [-0.2, 0) is 9.53 Å². The van der Waals surface area contributed by atoms with Gasteiger partial charge in [-0.3, -0.25) is 4.79 Å². The molecular weight excluding hydrogens is 286 g/mol. The Bertz CT molecular complexity index is 515. The Morgan fingerprint density at radius 2 is 1.68 bits per heavy atom. The smallest absolute Gasteiger partial charge is 0.339 e. The van der Waals surface area contributed by atoms with E-state index < -0.39 is 18.0 Å². The van der Waals surface area contributed by atoms with Crippen LogP contribution in [0.25, 0.3) is 0 Å². The molecule has 0 aliphatic heterocycles. The van der Waals surface area contributed by atoms with Crippen molar-refractivity contribution >= 4 is 11.9 Å². The van der Waals surface area contributed by atoms with Crippen LogP contribution >= 0.6 is 0 Å². The second kappa shape index (κ2) is 8.92. The average molecular weight is 309 g/mol. The maximum Gasteiger partial charge on any atom is 0.339 e. The summed E-state index contributed by atoms with van der Waals surface area (Å²) in [4.78, 5) is 22.9. The zero-order valence-corrected chi connectivity index (χ0v) is 13.3. The molecule has 22 heavy (non-hydrogen) atoms. The molecule has 1 rings (SSSR count). The molecule has 1 aromatic rings. The Morgan fingerprint density at radius 3 is 2.23 bits per heavy atom. The molecule has 0 heterocycles. The van der Waals surface area contributed by atoms with Crippen molar-refractivity contribution in [1.29, 1.82) is 0 Å². The fraction of sp³-hybridized carbons (Fsp3) is 0.500. The van der Waals surface area contributed by atoms with Crippen LogP contribution in [0.15, 0.2) is 18.2 Å². The molecule has 1 atom stereocenters. The van der Waals surface area contributed by atoms with E-state index in [1.165, 1.54) is 6.92 Å². The first-order chi connectivity index (χ1) is 10.5. The summed E-state index contributed by atoms with van der Waals surface area (Å²) >= 11 is 0. The SMILES string of the molecule is CCCOc1ccc(C(=O)O[C@@H](C)C(N)=O)cc1OCCC. The lowest BCUT2D eigenvalue weighted by Gasteiger charge is -2.14. The van der Waals surface area contributed by atoms with E-state index in [0.717, 1.165) is 12.8 Å². The first-order valence-electron chi connectivity index (χ1n) is 7.39. The zero-order chi connectivity index (χ0) is 16.5. The summed E-state index contributed by atoms with van der Waals surface area (Å²) in [5.41, 5.74) is 5.36. The van der Waals surface area contributed by atoms with Crippen LogP contribution in [-0.4, -0.2) is 31.2 Å². The Morgan fingerprint density at radius 1 is 1.09 bits per heavy atom. The van der Waals surface area contributed by atoms with Gasteiger partial charge in [-0.25, -0.2) is 4.79 Å². The van der Waals surface area contributed by atoms with Crippen molar-refractivity contribution in [3.63, 3.8) is 0 Å². The van der Waals surface area contributed by atoms with Gasteiger partial charge in [0.15, 0.2) is 17.6 Å². The Labute approximate surface area is 130 Å². The van der Waals surface area contributed by atoms with Crippen molar-refractivity contribution in [2.24, 2.45) is 5.73 Å². The van der Waals surface area contributed by atoms with Gasteiger partial charge >= 0.3 is 5.97 Å². The predicted octanol–water partition coefficient (Wildman–Crippen LogP) is 2.29. The highest BCUT2D eigenvalue weighted by Gasteiger charge is 2.18. The van der Waals surface area contributed by atoms with Gasteiger partial charge in [0.05, 0.1) is 18.8 Å². The summed E-state index contributed by atoms with van der Waals surface area (Å²) < 4.78 is 16.2. The van der Waals surface area contributed by atoms with Crippen molar-refractivity contribution in [1.82, 2.24) is 0 Å². The fourth-order valence-electron chi connectivity index (χ4n) is 1.58. The van der Waals surface area contributed by atoms with Crippen molar-refractivity contribution in [3.05, 3.63) is 23.8 Å². The van der Waals surface area contributed by atoms with Gasteiger partial charge in [0.2, 0.25) is 0 Å². The minimum Gasteiger partial charge on any atom is -0.490 e. The number of carbonyl (C=O) groups is 2. The Hall–Kier alpha value is -2.24. The van der Waals surface area contributed by atoms with Crippen LogP contribution in [0.4, 0.5) is 0 Å². The number of amides is 1. The lowest BCUT2D eigenvalue weighted by atomic mass is 10.2. The van der Waals surface area contributed by atoms with Crippen molar-refractivity contribution < 1.29 is 23.8 Å². The summed E-state index contributed by atoms with van der Waals surface area (Å²) in [5, 5.41) is 0. The first kappa shape index (κ1) is 17.8. The summed E-state index contributed by atoms with van der Waals surface area (Å²) in [6, 6.07) is 4.78. The highest BCUT2D eigenvalue weighted by atomic mass is 16.5. The normalized spacial score (nSPS) is 11.6. The van der Waals surface area contributed by atoms with Crippen LogP contribution in [0.5, 0.6) is 11.5 Å². The number of hydrogen-bond donors (Lipinski definition) is 1. The van der Waals surface area contributed by atoms with Crippen LogP contribution in [0.1, 0.15) is 44.0 Å². The molecule has 1 aromatic carbocycles. The lowest BCUT2D eigenvalue weighted by molar-refractivity contribution is -0.125. The second-order valence-corrected chi connectivity index (χ2v) is 4.81. The predicted molar refractivity (Wildman–Crippen MR) is 82.1 cm³/mol. The number of hydrogen-bond acceptors (Lipinski definition) is 5. The molecule has 2 N–H and O–H groups in total. The van der Waals surface area contributed by atoms with E-state index in [0.29, 0.717) is 24.7 Å². The average Bonchev–Trinajstić information content (AvgIpc) is 2.50. The quantitative estimate of drug-likeness (QED) is 0.707. The van der Waals surface area contributed by atoms with Gasteiger partial charge in [-0.05, 0) is 38.0 Å². The Kier molecular flexibility index (Phi) is 7.22. The molecule has 0 aromatic heterocycles.